The van der Waals surface area contributed by atoms with Crippen LogP contribution in [0.2, 0.25) is 0 Å². The van der Waals surface area contributed by atoms with Crippen molar-refractivity contribution < 1.29 is 4.74 Å². The van der Waals surface area contributed by atoms with E-state index in [1.165, 1.54) is 48.8 Å². The van der Waals surface area contributed by atoms with Crippen LogP contribution in [0.1, 0.15) is 43.2 Å². The van der Waals surface area contributed by atoms with Crippen LogP contribution in [0.3, 0.4) is 0 Å². The van der Waals surface area contributed by atoms with Gasteiger partial charge in [0.15, 0.2) is 0 Å². The van der Waals surface area contributed by atoms with Crippen molar-refractivity contribution in [2.45, 2.75) is 51.2 Å². The number of benzene rings is 2. The molecule has 1 spiro atoms. The molecular formula is C22H23NO. The predicted octanol–water partition coefficient (Wildman–Crippen LogP) is 5.27. The van der Waals surface area contributed by atoms with Crippen molar-refractivity contribution in [2.75, 3.05) is 0 Å². The third-order valence-electron chi connectivity index (χ3n) is 5.69. The van der Waals surface area contributed by atoms with Crippen molar-refractivity contribution in [1.82, 2.24) is 0 Å². The molecule has 0 N–H and O–H groups in total. The fourth-order valence-corrected chi connectivity index (χ4v) is 4.05. The highest BCUT2D eigenvalue weighted by atomic mass is 16.5. The molecule has 1 atom stereocenters. The molecule has 2 aliphatic carbocycles. The first-order valence-corrected chi connectivity index (χ1v) is 8.96. The van der Waals surface area contributed by atoms with Crippen LogP contribution < -0.4 is 0 Å². The number of ether oxygens (including phenoxy) is 1. The van der Waals surface area contributed by atoms with Gasteiger partial charge in [0.1, 0.15) is 0 Å². The van der Waals surface area contributed by atoms with E-state index in [4.69, 9.17) is 10.00 Å². The van der Waals surface area contributed by atoms with Gasteiger partial charge in [0.2, 0.25) is 0 Å². The maximum Gasteiger partial charge on any atom is 0.0720 e. The highest BCUT2D eigenvalue weighted by Crippen LogP contribution is 2.59. The molecule has 0 aliphatic heterocycles. The van der Waals surface area contributed by atoms with E-state index in [0.717, 1.165) is 12.2 Å². The van der Waals surface area contributed by atoms with Crippen molar-refractivity contribution in [1.29, 1.82) is 5.26 Å². The van der Waals surface area contributed by atoms with Crippen LogP contribution in [0.15, 0.2) is 48.5 Å². The van der Waals surface area contributed by atoms with E-state index in [1.54, 1.807) is 0 Å². The Morgan fingerprint density at radius 3 is 2.08 bits per heavy atom. The maximum absolute atomic E-state index is 8.74. The van der Waals surface area contributed by atoms with Gasteiger partial charge in [0.25, 0.3) is 0 Å². The van der Waals surface area contributed by atoms with E-state index in [0.29, 0.717) is 17.9 Å². The standard InChI is InChI=1S/C22H23NO/c23-14-11-17-3-7-19(8-4-17)20-9-5-18(6-10-20)16-24-21-15-22(21)12-1-2-13-22/h3-10,21H,1-2,11-13,15-16H2. The summed E-state index contributed by atoms with van der Waals surface area (Å²) in [6.07, 6.45) is 7.78. The van der Waals surface area contributed by atoms with Crippen LogP contribution in [-0.4, -0.2) is 6.10 Å². The fraction of sp³-hybridized carbons (Fsp3) is 0.409. The highest BCUT2D eigenvalue weighted by Gasteiger charge is 2.55. The largest absolute Gasteiger partial charge is 0.373 e. The van der Waals surface area contributed by atoms with Gasteiger partial charge in [-0.15, -0.1) is 0 Å². The zero-order chi connectivity index (χ0) is 16.4. The third-order valence-corrected chi connectivity index (χ3v) is 5.69. The quantitative estimate of drug-likeness (QED) is 0.752. The van der Waals surface area contributed by atoms with Crippen molar-refractivity contribution in [3.63, 3.8) is 0 Å². The minimum Gasteiger partial charge on any atom is -0.373 e. The monoisotopic (exact) mass is 317 g/mol. The second kappa shape index (κ2) is 6.42. The third kappa shape index (κ3) is 3.09. The molecule has 2 saturated carbocycles. The number of hydrogen-bond acceptors (Lipinski definition) is 2. The normalized spacial score (nSPS) is 20.9. The van der Waals surface area contributed by atoms with Crippen molar-refractivity contribution in [2.24, 2.45) is 5.41 Å². The number of nitrogens with zero attached hydrogens (tertiary/aromatic N) is 1. The van der Waals surface area contributed by atoms with E-state index in [1.807, 2.05) is 12.1 Å². The van der Waals surface area contributed by atoms with Gasteiger partial charge in [0.05, 0.1) is 25.2 Å². The summed E-state index contributed by atoms with van der Waals surface area (Å²) in [5, 5.41) is 8.74. The minimum absolute atomic E-state index is 0.471. The lowest BCUT2D eigenvalue weighted by molar-refractivity contribution is 0.0776. The van der Waals surface area contributed by atoms with Gasteiger partial charge < -0.3 is 4.74 Å². The number of hydrogen-bond donors (Lipinski definition) is 0. The van der Waals surface area contributed by atoms with Crippen molar-refractivity contribution in [3.8, 4) is 17.2 Å². The van der Waals surface area contributed by atoms with Crippen LogP contribution in [-0.2, 0) is 17.8 Å². The summed E-state index contributed by atoms with van der Waals surface area (Å²) in [4.78, 5) is 0. The van der Waals surface area contributed by atoms with Crippen molar-refractivity contribution >= 4 is 0 Å². The number of rotatable bonds is 5. The Morgan fingerprint density at radius 2 is 1.50 bits per heavy atom. The molecule has 2 aromatic carbocycles. The molecule has 0 heterocycles. The second-order valence-electron chi connectivity index (χ2n) is 7.30. The number of nitriles is 1. The van der Waals surface area contributed by atoms with Gasteiger partial charge in [-0.25, -0.2) is 0 Å². The van der Waals surface area contributed by atoms with E-state index >= 15 is 0 Å². The van der Waals surface area contributed by atoms with Crippen LogP contribution >= 0.6 is 0 Å². The first kappa shape index (κ1) is 15.4. The molecule has 0 bridgehead atoms. The molecule has 0 aromatic heterocycles. The molecule has 2 fully saturated rings. The Morgan fingerprint density at radius 1 is 0.917 bits per heavy atom. The van der Waals surface area contributed by atoms with Gasteiger partial charge in [0, 0.05) is 0 Å². The Labute approximate surface area is 144 Å². The van der Waals surface area contributed by atoms with Crippen molar-refractivity contribution in [3.05, 3.63) is 59.7 Å². The van der Waals surface area contributed by atoms with E-state index in [2.05, 4.69) is 42.5 Å². The van der Waals surface area contributed by atoms with Crippen LogP contribution in [0.25, 0.3) is 11.1 Å². The van der Waals surface area contributed by atoms with Gasteiger partial charge >= 0.3 is 0 Å². The van der Waals surface area contributed by atoms with E-state index < -0.39 is 0 Å². The summed E-state index contributed by atoms with van der Waals surface area (Å²) in [5.41, 5.74) is 5.28. The highest BCUT2D eigenvalue weighted by molar-refractivity contribution is 5.64. The fourth-order valence-electron chi connectivity index (χ4n) is 4.05. The molecular weight excluding hydrogens is 294 g/mol. The summed E-state index contributed by atoms with van der Waals surface area (Å²) in [7, 11) is 0. The molecule has 2 heteroatoms. The summed E-state index contributed by atoms with van der Waals surface area (Å²) in [6, 6.07) is 19.1. The summed E-state index contributed by atoms with van der Waals surface area (Å²) >= 11 is 0. The van der Waals surface area contributed by atoms with Crippen LogP contribution in [0.5, 0.6) is 0 Å². The first-order valence-electron chi connectivity index (χ1n) is 8.96. The lowest BCUT2D eigenvalue weighted by Gasteiger charge is -2.10. The molecule has 2 aliphatic rings. The SMILES string of the molecule is N#CCc1ccc(-c2ccc(COC3CC34CCCC4)cc2)cc1. The van der Waals surface area contributed by atoms with Gasteiger partial charge in [-0.05, 0) is 46.9 Å². The Kier molecular flexibility index (Phi) is 4.12. The van der Waals surface area contributed by atoms with Gasteiger partial charge in [-0.1, -0.05) is 61.4 Å². The molecule has 0 amide bonds. The predicted molar refractivity (Wildman–Crippen MR) is 95.3 cm³/mol. The van der Waals surface area contributed by atoms with Crippen LogP contribution in [0, 0.1) is 16.7 Å². The Hall–Kier alpha value is -2.11. The Balaban J connectivity index is 1.35. The molecule has 2 aromatic rings. The molecule has 0 radical (unpaired) electrons. The smallest absolute Gasteiger partial charge is 0.0720 e. The lowest BCUT2D eigenvalue weighted by Crippen LogP contribution is -2.05. The molecule has 1 unspecified atom stereocenters. The van der Waals surface area contributed by atoms with Gasteiger partial charge in [-0.2, -0.15) is 5.26 Å². The van der Waals surface area contributed by atoms with Crippen LogP contribution in [0.4, 0.5) is 0 Å². The summed E-state index contributed by atoms with van der Waals surface area (Å²) in [6.45, 7) is 0.730. The molecule has 24 heavy (non-hydrogen) atoms. The van der Waals surface area contributed by atoms with E-state index in [-0.39, 0.29) is 0 Å². The van der Waals surface area contributed by atoms with E-state index in [9.17, 15) is 0 Å². The Bertz CT molecular complexity index is 733. The molecule has 0 saturated heterocycles. The zero-order valence-corrected chi connectivity index (χ0v) is 14.0. The first-order chi connectivity index (χ1) is 11.8. The minimum atomic E-state index is 0.471. The zero-order valence-electron chi connectivity index (χ0n) is 14.0. The second-order valence-corrected chi connectivity index (χ2v) is 7.30. The topological polar surface area (TPSA) is 33.0 Å². The maximum atomic E-state index is 8.74. The summed E-state index contributed by atoms with van der Waals surface area (Å²) in [5.74, 6) is 0. The average molecular weight is 317 g/mol. The molecule has 2 nitrogen and oxygen atoms in total. The summed E-state index contributed by atoms with van der Waals surface area (Å²) < 4.78 is 6.13. The molecule has 122 valence electrons. The van der Waals surface area contributed by atoms with Gasteiger partial charge in [-0.3, -0.25) is 0 Å². The lowest BCUT2D eigenvalue weighted by atomic mass is 10.0. The molecule has 4 rings (SSSR count). The average Bonchev–Trinajstić information content (AvgIpc) is 3.07.